The van der Waals surface area contributed by atoms with Gasteiger partial charge in [-0.05, 0) is 143 Å². The fourth-order valence-corrected chi connectivity index (χ4v) is 13.5. The number of aromatic amines is 1. The number of benzene rings is 3. The van der Waals surface area contributed by atoms with Gasteiger partial charge < -0.3 is 39.8 Å². The molecule has 72 heavy (non-hydrogen) atoms. The van der Waals surface area contributed by atoms with Crippen molar-refractivity contribution < 1.29 is 37.5 Å². The number of piperidine rings is 1. The van der Waals surface area contributed by atoms with Crippen LogP contribution in [-0.4, -0.2) is 102 Å². The third-order valence-corrected chi connectivity index (χ3v) is 18.0. The van der Waals surface area contributed by atoms with Crippen LogP contribution in [0, 0.1) is 21.4 Å². The molecule has 2 saturated carbocycles. The quantitative estimate of drug-likeness (QED) is 0.0551. The number of pyridine rings is 1. The number of nitro benzene ring substituents is 1. The second-order valence-electron chi connectivity index (χ2n) is 21.9. The summed E-state index contributed by atoms with van der Waals surface area (Å²) in [7, 11) is -4.71. The van der Waals surface area contributed by atoms with Crippen LogP contribution in [-0.2, 0) is 10.0 Å². The van der Waals surface area contributed by atoms with E-state index in [0.29, 0.717) is 55.9 Å². The van der Waals surface area contributed by atoms with Gasteiger partial charge in [-0.1, -0.05) is 38.1 Å². The number of amides is 1. The van der Waals surface area contributed by atoms with Crippen LogP contribution in [0.3, 0.4) is 0 Å². The van der Waals surface area contributed by atoms with Crippen LogP contribution in [0.15, 0.2) is 77.8 Å². The predicted octanol–water partition coefficient (Wildman–Crippen LogP) is 8.95. The molecule has 11 rings (SSSR count). The van der Waals surface area contributed by atoms with Crippen LogP contribution in [0.25, 0.3) is 11.0 Å². The average molecular weight is 1000 g/mol. The molecule has 4 aliphatic heterocycles. The van der Waals surface area contributed by atoms with Crippen molar-refractivity contribution in [2.45, 2.75) is 132 Å². The number of nitrogens with one attached hydrogen (secondary N) is 4. The van der Waals surface area contributed by atoms with Crippen molar-refractivity contribution in [2.75, 3.05) is 49.5 Å². The van der Waals surface area contributed by atoms with Crippen LogP contribution < -0.4 is 34.5 Å². The third kappa shape index (κ3) is 9.58. The maximum absolute atomic E-state index is 14.4. The van der Waals surface area contributed by atoms with Crippen molar-refractivity contribution in [3.8, 4) is 23.1 Å². The highest BCUT2D eigenvalue weighted by atomic mass is 32.2. The second-order valence-corrected chi connectivity index (χ2v) is 23.5. The van der Waals surface area contributed by atoms with E-state index in [1.807, 2.05) is 19.1 Å². The van der Waals surface area contributed by atoms with E-state index in [2.05, 4.69) is 68.3 Å². The van der Waals surface area contributed by atoms with Crippen LogP contribution in [0.2, 0.25) is 0 Å². The summed E-state index contributed by atoms with van der Waals surface area (Å²) in [5, 5.41) is 30.3. The van der Waals surface area contributed by atoms with E-state index in [1.54, 1.807) is 24.4 Å². The number of hydrogen-bond donors (Lipinski definition) is 5. The van der Waals surface area contributed by atoms with Gasteiger partial charge in [0.2, 0.25) is 0 Å². The molecule has 0 unspecified atom stereocenters. The molecule has 5 fully saturated rings. The maximum Gasteiger partial charge on any atom is 0.297 e. The number of H-pyrrole nitrogens is 1. The minimum atomic E-state index is -4.71. The Morgan fingerprint density at radius 2 is 1.78 bits per heavy atom. The summed E-state index contributed by atoms with van der Waals surface area (Å²) in [5.41, 5.74) is 3.39. The first-order valence-electron chi connectivity index (χ1n) is 25.9. The van der Waals surface area contributed by atoms with E-state index in [4.69, 9.17) is 19.2 Å². The molecular weight excluding hydrogens is 937 g/mol. The first kappa shape index (κ1) is 48.3. The molecule has 0 radical (unpaired) electrons. The molecule has 5 aromatic rings. The Hall–Kier alpha value is -5.95. The van der Waals surface area contributed by atoms with E-state index in [9.17, 15) is 28.4 Å². The van der Waals surface area contributed by atoms with Gasteiger partial charge in [-0.25, -0.2) is 13.1 Å². The molecule has 3 atom stereocenters. The Labute approximate surface area is 420 Å². The Morgan fingerprint density at radius 3 is 2.53 bits per heavy atom. The lowest BCUT2D eigenvalue weighted by molar-refractivity contribution is -0.384. The number of aliphatic hydroxyl groups is 1. The fourth-order valence-electron chi connectivity index (χ4n) is 12.5. The van der Waals surface area contributed by atoms with Gasteiger partial charge in [-0.2, -0.15) is 4.98 Å². The van der Waals surface area contributed by atoms with Crippen molar-refractivity contribution in [3.63, 3.8) is 0 Å². The summed E-state index contributed by atoms with van der Waals surface area (Å²) >= 11 is 0. The van der Waals surface area contributed by atoms with Crippen LogP contribution >= 0.6 is 0 Å². The number of rotatable bonds is 13. The van der Waals surface area contributed by atoms with Crippen molar-refractivity contribution in [2.24, 2.45) is 11.3 Å². The zero-order valence-corrected chi connectivity index (χ0v) is 42.1. The molecule has 5 N–H and O–H groups in total. The lowest BCUT2D eigenvalue weighted by Gasteiger charge is -2.56. The summed E-state index contributed by atoms with van der Waals surface area (Å²) in [4.78, 5) is 38.8. The number of carbonyl (C=O) groups is 1. The Bertz CT molecular complexity index is 2960. The Kier molecular flexibility index (Phi) is 12.9. The number of nitrogens with zero attached hydrogens (tertiary/aromatic N) is 4. The largest absolute Gasteiger partial charge is 0.489 e. The number of ether oxygens (including phenoxy) is 3. The number of anilines is 2. The molecule has 6 aliphatic rings. The van der Waals surface area contributed by atoms with Crippen molar-refractivity contribution in [1.82, 2.24) is 24.9 Å². The summed E-state index contributed by atoms with van der Waals surface area (Å²) < 4.78 is 49.6. The van der Waals surface area contributed by atoms with Gasteiger partial charge in [-0.15, -0.1) is 0 Å². The van der Waals surface area contributed by atoms with Gasteiger partial charge in [0, 0.05) is 67.2 Å². The summed E-state index contributed by atoms with van der Waals surface area (Å²) in [6.07, 6.45) is 11.8. The van der Waals surface area contributed by atoms with Gasteiger partial charge in [0.1, 0.15) is 24.1 Å². The first-order valence-corrected chi connectivity index (χ1v) is 27.4. The van der Waals surface area contributed by atoms with Gasteiger partial charge in [0.25, 0.3) is 27.5 Å². The van der Waals surface area contributed by atoms with Crippen molar-refractivity contribution >= 4 is 44.0 Å². The number of hydrogen-bond acceptors (Lipinski definition) is 14. The lowest BCUT2D eigenvalue weighted by Crippen LogP contribution is -2.54. The molecule has 17 nitrogen and oxygen atoms in total. The fraction of sp³-hybridized carbons (Fsp3) is 0.519. The number of sulfonamides is 1. The minimum Gasteiger partial charge on any atom is -0.489 e. The van der Waals surface area contributed by atoms with Crippen molar-refractivity contribution in [3.05, 3.63) is 99.7 Å². The standard InChI is InChI=1S/C54H66N8O9S/c1-33(2)40-7-4-5-8-41(40)44-9-6-22-61(44)37-29-54(30-37)18-23-60(24-19-54)36-10-11-42(46(26-36)71-48-25-35-14-21-56-50(35)58-52(48)70-38-15-20-55-31-38)51(63)59-72(67,68)39-27-45(62(65)66)49-47(28-39)69-32-43(57-49)34-12-16-53(3,64)17-13-34/h4-5,7-8,10-11,14,21,25-28,33-34,37-38,43-44,55,57,64H,6,9,12-13,15-20,22-24,29-32H2,1-3H3,(H,56,58)(H,59,63)/t34-,38-,43+,44-,53-/m0/s1. The smallest absolute Gasteiger partial charge is 0.297 e. The number of aromatic nitrogens is 2. The van der Waals surface area contributed by atoms with Crippen LogP contribution in [0.5, 0.6) is 23.1 Å². The molecule has 3 aromatic carbocycles. The average Bonchev–Trinajstić information content (AvgIpc) is 4.16. The van der Waals surface area contributed by atoms with E-state index >= 15 is 0 Å². The van der Waals surface area contributed by atoms with Crippen LogP contribution in [0.1, 0.15) is 125 Å². The Balaban J connectivity index is 0.842. The molecule has 382 valence electrons. The van der Waals surface area contributed by atoms with E-state index < -0.39 is 37.0 Å². The second kappa shape index (κ2) is 19.1. The number of carbonyl (C=O) groups excluding carboxylic acids is 1. The zero-order chi connectivity index (χ0) is 49.9. The zero-order valence-electron chi connectivity index (χ0n) is 41.3. The van der Waals surface area contributed by atoms with E-state index in [-0.39, 0.29) is 64.5 Å². The molecule has 2 aromatic heterocycles. The topological polar surface area (TPSA) is 214 Å². The monoisotopic (exact) mass is 1000 g/mol. The van der Waals surface area contributed by atoms with Gasteiger partial charge >= 0.3 is 0 Å². The molecule has 1 amide bonds. The molecular formula is C54H66N8O9S. The number of nitro groups is 1. The molecule has 1 spiro atoms. The number of likely N-dealkylation sites (tertiary alicyclic amines) is 1. The van der Waals surface area contributed by atoms with Gasteiger partial charge in [0.05, 0.1) is 27.0 Å². The Morgan fingerprint density at radius 1 is 0.986 bits per heavy atom. The van der Waals surface area contributed by atoms with Crippen molar-refractivity contribution in [1.29, 1.82) is 0 Å². The molecule has 3 saturated heterocycles. The van der Waals surface area contributed by atoms with E-state index in [1.165, 1.54) is 42.9 Å². The normalized spacial score (nSPS) is 25.4. The summed E-state index contributed by atoms with van der Waals surface area (Å²) in [6.45, 7) is 10.7. The molecule has 6 heterocycles. The van der Waals surface area contributed by atoms with Gasteiger partial charge in [-0.3, -0.25) is 19.8 Å². The predicted molar refractivity (Wildman–Crippen MR) is 274 cm³/mol. The third-order valence-electron chi connectivity index (χ3n) is 16.7. The lowest BCUT2D eigenvalue weighted by atomic mass is 9.59. The molecule has 2 aliphatic carbocycles. The summed E-state index contributed by atoms with van der Waals surface area (Å²) in [5.74, 6) is 0.158. The molecule has 18 heteroatoms. The SMILES string of the molecule is CC(C)c1ccccc1[C@@H]1CCCN1C1CC2(CCN(c3ccc(C(=O)NS(=O)(=O)c4cc5c(c([N+](=O)[O-])c4)N[C@@H]([C@H]4CC[C@](C)(O)CC4)CO5)c(Oc4cc5cc[nH]c5nc4O[C@H]4CCNC4)c3)CC2)C1. The first-order chi connectivity index (χ1) is 34.6. The highest BCUT2D eigenvalue weighted by Crippen LogP contribution is 2.54. The summed E-state index contributed by atoms with van der Waals surface area (Å²) in [6, 6.07) is 20.7. The van der Waals surface area contributed by atoms with Crippen LogP contribution in [0.4, 0.5) is 17.1 Å². The van der Waals surface area contributed by atoms with Gasteiger partial charge in [0.15, 0.2) is 17.2 Å². The maximum atomic E-state index is 14.4. The molecule has 0 bridgehead atoms. The highest BCUT2D eigenvalue weighted by Gasteiger charge is 2.50. The minimum absolute atomic E-state index is 0.00418. The highest BCUT2D eigenvalue weighted by molar-refractivity contribution is 7.90. The van der Waals surface area contributed by atoms with E-state index in [0.717, 1.165) is 62.6 Å². The number of fused-ring (bicyclic) bond motifs is 2.